The summed E-state index contributed by atoms with van der Waals surface area (Å²) in [6.07, 6.45) is 1.11. The Hall–Kier alpha value is -0.900. The average molecular weight is 292 g/mol. The quantitative estimate of drug-likeness (QED) is 0.696. The molecule has 0 spiro atoms. The van der Waals surface area contributed by atoms with Crippen molar-refractivity contribution in [2.75, 3.05) is 32.8 Å². The summed E-state index contributed by atoms with van der Waals surface area (Å²) < 4.78 is 0. The van der Waals surface area contributed by atoms with Gasteiger partial charge in [-0.05, 0) is 18.5 Å². The maximum Gasteiger partial charge on any atom is 0.0558 e. The molecular weight excluding hydrogens is 260 g/mol. The maximum atomic E-state index is 9.29. The molecule has 0 radical (unpaired) electrons. The van der Waals surface area contributed by atoms with Gasteiger partial charge in [-0.1, -0.05) is 58.0 Å². The summed E-state index contributed by atoms with van der Waals surface area (Å²) in [5.74, 6) is 0. The Kier molecular flexibility index (Phi) is 7.94. The highest BCUT2D eigenvalue weighted by atomic mass is 16.3. The lowest BCUT2D eigenvalue weighted by Gasteiger charge is -2.37. The van der Waals surface area contributed by atoms with Crippen LogP contribution in [0.15, 0.2) is 30.3 Å². The normalized spacial score (nSPS) is 14.6. The molecule has 0 aliphatic carbocycles. The fourth-order valence-electron chi connectivity index (χ4n) is 2.74. The molecule has 0 fully saturated rings. The number of nitrogens with zero attached hydrogens (tertiary/aromatic N) is 1. The molecule has 2 N–H and O–H groups in total. The smallest absolute Gasteiger partial charge is 0.0558 e. The standard InChI is InChI=1S/C18H32N2O/c1-5-11-20(12-13-21)15-18(4,14-19-16(2)3)17-9-7-6-8-10-17/h6-10,16,19,21H,5,11-15H2,1-4H3. The number of nitrogens with one attached hydrogen (secondary N) is 1. The van der Waals surface area contributed by atoms with Crippen LogP contribution in [0.2, 0.25) is 0 Å². The molecule has 0 heterocycles. The van der Waals surface area contributed by atoms with Gasteiger partial charge in [0.1, 0.15) is 0 Å². The first-order valence-electron chi connectivity index (χ1n) is 8.14. The molecule has 1 aromatic rings. The molecule has 3 nitrogen and oxygen atoms in total. The zero-order valence-corrected chi connectivity index (χ0v) is 14.1. The summed E-state index contributed by atoms with van der Waals surface area (Å²) in [6, 6.07) is 11.2. The lowest BCUT2D eigenvalue weighted by molar-refractivity contribution is 0.164. The molecule has 0 saturated heterocycles. The molecule has 0 aliphatic rings. The Bertz CT molecular complexity index is 374. The summed E-state index contributed by atoms with van der Waals surface area (Å²) in [4.78, 5) is 2.37. The third-order valence-corrected chi connectivity index (χ3v) is 3.90. The van der Waals surface area contributed by atoms with Crippen molar-refractivity contribution in [3.63, 3.8) is 0 Å². The fraction of sp³-hybridized carbons (Fsp3) is 0.667. The second-order valence-corrected chi connectivity index (χ2v) is 6.46. The minimum absolute atomic E-state index is 0.0515. The maximum absolute atomic E-state index is 9.29. The lowest BCUT2D eigenvalue weighted by Crippen LogP contribution is -2.47. The molecule has 120 valence electrons. The summed E-state index contributed by atoms with van der Waals surface area (Å²) in [7, 11) is 0. The molecule has 3 heteroatoms. The molecule has 0 bridgehead atoms. The number of rotatable bonds is 10. The number of aliphatic hydroxyl groups excluding tert-OH is 1. The van der Waals surface area contributed by atoms with Crippen molar-refractivity contribution in [2.45, 2.75) is 45.6 Å². The monoisotopic (exact) mass is 292 g/mol. The average Bonchev–Trinajstić information content (AvgIpc) is 2.47. The summed E-state index contributed by atoms with van der Waals surface area (Å²) in [5, 5.41) is 12.9. The van der Waals surface area contributed by atoms with E-state index in [9.17, 15) is 5.11 Å². The molecule has 21 heavy (non-hydrogen) atoms. The third-order valence-electron chi connectivity index (χ3n) is 3.90. The van der Waals surface area contributed by atoms with Gasteiger partial charge in [0.15, 0.2) is 0 Å². The van der Waals surface area contributed by atoms with Gasteiger partial charge in [-0.25, -0.2) is 0 Å². The molecule has 0 aliphatic heterocycles. The van der Waals surface area contributed by atoms with Crippen LogP contribution in [0, 0.1) is 0 Å². The first kappa shape index (κ1) is 18.1. The minimum atomic E-state index is 0.0515. The molecule has 0 amide bonds. The van der Waals surface area contributed by atoms with Crippen LogP contribution in [0.4, 0.5) is 0 Å². The molecule has 0 aromatic heterocycles. The number of hydrogen-bond acceptors (Lipinski definition) is 3. The molecule has 1 atom stereocenters. The zero-order valence-electron chi connectivity index (χ0n) is 14.1. The molecule has 0 saturated carbocycles. The van der Waals surface area contributed by atoms with E-state index in [4.69, 9.17) is 0 Å². The van der Waals surface area contributed by atoms with E-state index in [1.165, 1.54) is 5.56 Å². The molecule has 1 rings (SSSR count). The molecular formula is C18H32N2O. The highest BCUT2D eigenvalue weighted by molar-refractivity contribution is 5.25. The summed E-state index contributed by atoms with van der Waals surface area (Å²) in [5.41, 5.74) is 1.41. The Morgan fingerprint density at radius 1 is 1.19 bits per heavy atom. The van der Waals surface area contributed by atoms with E-state index in [0.717, 1.165) is 32.6 Å². The van der Waals surface area contributed by atoms with Crippen molar-refractivity contribution >= 4 is 0 Å². The first-order chi connectivity index (χ1) is 10.0. The van der Waals surface area contributed by atoms with Crippen LogP contribution in [-0.2, 0) is 5.41 Å². The van der Waals surface area contributed by atoms with Crippen LogP contribution in [0.25, 0.3) is 0 Å². The second-order valence-electron chi connectivity index (χ2n) is 6.46. The van der Waals surface area contributed by atoms with Gasteiger partial charge >= 0.3 is 0 Å². The van der Waals surface area contributed by atoms with Crippen molar-refractivity contribution in [2.24, 2.45) is 0 Å². The Morgan fingerprint density at radius 2 is 1.86 bits per heavy atom. The minimum Gasteiger partial charge on any atom is -0.395 e. The second kappa shape index (κ2) is 9.19. The van der Waals surface area contributed by atoms with Gasteiger partial charge in [-0.2, -0.15) is 0 Å². The molecule has 1 aromatic carbocycles. The van der Waals surface area contributed by atoms with Crippen molar-refractivity contribution in [3.05, 3.63) is 35.9 Å². The summed E-state index contributed by atoms with van der Waals surface area (Å²) in [6.45, 7) is 12.8. The largest absolute Gasteiger partial charge is 0.395 e. The van der Waals surface area contributed by atoms with E-state index in [2.05, 4.69) is 68.2 Å². The van der Waals surface area contributed by atoms with Crippen LogP contribution >= 0.6 is 0 Å². The van der Waals surface area contributed by atoms with Gasteiger partial charge in [-0.3, -0.25) is 0 Å². The highest BCUT2D eigenvalue weighted by Gasteiger charge is 2.28. The lowest BCUT2D eigenvalue weighted by atomic mass is 9.81. The van der Waals surface area contributed by atoms with Crippen LogP contribution in [0.5, 0.6) is 0 Å². The van der Waals surface area contributed by atoms with E-state index in [-0.39, 0.29) is 12.0 Å². The predicted octanol–water partition coefficient (Wildman–Crippen LogP) is 2.65. The van der Waals surface area contributed by atoms with Crippen LogP contribution in [0.1, 0.15) is 39.7 Å². The van der Waals surface area contributed by atoms with E-state index in [1.54, 1.807) is 0 Å². The molecule has 1 unspecified atom stereocenters. The van der Waals surface area contributed by atoms with Gasteiger partial charge in [0, 0.05) is 31.1 Å². The Labute approximate surface area is 130 Å². The van der Waals surface area contributed by atoms with E-state index < -0.39 is 0 Å². The van der Waals surface area contributed by atoms with Crippen LogP contribution in [0.3, 0.4) is 0 Å². The van der Waals surface area contributed by atoms with Crippen LogP contribution < -0.4 is 5.32 Å². The van der Waals surface area contributed by atoms with Crippen molar-refractivity contribution in [3.8, 4) is 0 Å². The van der Waals surface area contributed by atoms with Gasteiger partial charge in [0.2, 0.25) is 0 Å². The highest BCUT2D eigenvalue weighted by Crippen LogP contribution is 2.24. The van der Waals surface area contributed by atoms with Crippen LogP contribution in [-0.4, -0.2) is 48.8 Å². The third kappa shape index (κ3) is 6.16. The van der Waals surface area contributed by atoms with Gasteiger partial charge in [0.05, 0.1) is 6.61 Å². The van der Waals surface area contributed by atoms with Crippen molar-refractivity contribution in [1.29, 1.82) is 0 Å². The SMILES string of the molecule is CCCN(CCO)CC(C)(CNC(C)C)c1ccccc1. The zero-order chi connectivity index (χ0) is 15.7. The Balaban J connectivity index is 2.89. The first-order valence-corrected chi connectivity index (χ1v) is 8.14. The van der Waals surface area contributed by atoms with E-state index >= 15 is 0 Å². The number of aliphatic hydroxyl groups is 1. The van der Waals surface area contributed by atoms with Gasteiger partial charge < -0.3 is 15.3 Å². The predicted molar refractivity (Wildman–Crippen MR) is 90.7 cm³/mol. The van der Waals surface area contributed by atoms with Gasteiger partial charge in [0.25, 0.3) is 0 Å². The topological polar surface area (TPSA) is 35.5 Å². The van der Waals surface area contributed by atoms with Gasteiger partial charge in [-0.15, -0.1) is 0 Å². The Morgan fingerprint density at radius 3 is 2.38 bits per heavy atom. The van der Waals surface area contributed by atoms with E-state index in [0.29, 0.717) is 6.04 Å². The fourth-order valence-corrected chi connectivity index (χ4v) is 2.74. The number of hydrogen-bond donors (Lipinski definition) is 2. The van der Waals surface area contributed by atoms with Crippen molar-refractivity contribution in [1.82, 2.24) is 10.2 Å². The van der Waals surface area contributed by atoms with E-state index in [1.807, 2.05) is 0 Å². The number of benzene rings is 1. The summed E-state index contributed by atoms with van der Waals surface area (Å²) >= 11 is 0. The van der Waals surface area contributed by atoms with Crippen molar-refractivity contribution < 1.29 is 5.11 Å².